The molecule has 0 bridgehead atoms. The van der Waals surface area contributed by atoms with E-state index in [4.69, 9.17) is 4.74 Å². The molecule has 0 atom stereocenters. The maximum absolute atomic E-state index is 12.5. The zero-order valence-electron chi connectivity index (χ0n) is 11.6. The second kappa shape index (κ2) is 5.85. The van der Waals surface area contributed by atoms with Crippen LogP contribution in [0.25, 0.3) is 0 Å². The van der Waals surface area contributed by atoms with Crippen molar-refractivity contribution in [1.82, 2.24) is 0 Å². The summed E-state index contributed by atoms with van der Waals surface area (Å²) in [5.41, 5.74) is 1.21. The van der Waals surface area contributed by atoms with Crippen molar-refractivity contribution < 1.29 is 13.2 Å². The van der Waals surface area contributed by atoms with Crippen LogP contribution < -0.4 is 9.04 Å². The van der Waals surface area contributed by atoms with Gasteiger partial charge in [-0.05, 0) is 43.3 Å². The van der Waals surface area contributed by atoms with Gasteiger partial charge in [0.05, 0.1) is 17.7 Å². The highest BCUT2D eigenvalue weighted by molar-refractivity contribution is 7.93. The lowest BCUT2D eigenvalue weighted by Crippen LogP contribution is -2.25. The molecule has 108 valence electrons. The number of sulfonamides is 1. The van der Waals surface area contributed by atoms with E-state index in [9.17, 15) is 13.7 Å². The summed E-state index contributed by atoms with van der Waals surface area (Å²) in [6.45, 7) is 1.86. The highest BCUT2D eigenvalue weighted by Gasteiger charge is 2.24. The summed E-state index contributed by atoms with van der Waals surface area (Å²) >= 11 is 0. The second-order valence-electron chi connectivity index (χ2n) is 4.38. The van der Waals surface area contributed by atoms with Crippen LogP contribution in [0.3, 0.4) is 0 Å². The van der Waals surface area contributed by atoms with E-state index >= 15 is 0 Å². The Kier molecular flexibility index (Phi) is 4.15. The first-order chi connectivity index (χ1) is 9.98. The fraction of sp³-hybridized carbons (Fsp3) is 0.133. The third-order valence-electron chi connectivity index (χ3n) is 2.96. The molecule has 0 radical (unpaired) electrons. The van der Waals surface area contributed by atoms with Gasteiger partial charge in [-0.15, -0.1) is 0 Å². The van der Waals surface area contributed by atoms with Crippen molar-refractivity contribution >= 4 is 15.7 Å². The lowest BCUT2D eigenvalue weighted by Gasteiger charge is -2.16. The molecule has 2 aromatic rings. The van der Waals surface area contributed by atoms with Crippen molar-refractivity contribution in [3.8, 4) is 11.9 Å². The lowest BCUT2D eigenvalue weighted by atomic mass is 10.2. The van der Waals surface area contributed by atoms with Gasteiger partial charge in [0, 0.05) is 0 Å². The number of nitrogens with zero attached hydrogens (tertiary/aromatic N) is 2. The molecule has 6 heteroatoms. The molecule has 0 amide bonds. The normalized spacial score (nSPS) is 10.7. The zero-order valence-corrected chi connectivity index (χ0v) is 12.5. The Morgan fingerprint density at radius 1 is 1.05 bits per heavy atom. The van der Waals surface area contributed by atoms with Crippen molar-refractivity contribution in [2.75, 3.05) is 11.4 Å². The highest BCUT2D eigenvalue weighted by Crippen LogP contribution is 2.25. The third kappa shape index (κ3) is 2.98. The third-order valence-corrected chi connectivity index (χ3v) is 4.60. The smallest absolute Gasteiger partial charge is 0.276 e. The maximum atomic E-state index is 12.5. The Labute approximate surface area is 124 Å². The topological polar surface area (TPSA) is 70.4 Å². The molecular formula is C15H14N2O3S. The van der Waals surface area contributed by atoms with E-state index in [2.05, 4.69) is 0 Å². The molecular weight excluding hydrogens is 288 g/mol. The maximum Gasteiger partial charge on any atom is 0.276 e. The predicted molar refractivity (Wildman–Crippen MR) is 79.5 cm³/mol. The summed E-state index contributed by atoms with van der Waals surface area (Å²) in [6, 6.07) is 12.6. The van der Waals surface area contributed by atoms with Crippen LogP contribution in [0.4, 0.5) is 5.69 Å². The van der Waals surface area contributed by atoms with Gasteiger partial charge in [-0.1, -0.05) is 17.7 Å². The van der Waals surface area contributed by atoms with Crippen LogP contribution in [0.1, 0.15) is 5.56 Å². The van der Waals surface area contributed by atoms with E-state index in [1.54, 1.807) is 30.5 Å². The minimum atomic E-state index is -3.91. The Balaban J connectivity index is 2.44. The van der Waals surface area contributed by atoms with Crippen LogP contribution in [-0.2, 0) is 10.0 Å². The number of methoxy groups -OCH3 is 1. The molecule has 2 aromatic carbocycles. The molecule has 0 aliphatic carbocycles. The van der Waals surface area contributed by atoms with E-state index in [1.165, 1.54) is 31.4 Å². The largest absolute Gasteiger partial charge is 0.497 e. The molecule has 0 aromatic heterocycles. The van der Waals surface area contributed by atoms with Gasteiger partial charge < -0.3 is 4.74 Å². The zero-order chi connectivity index (χ0) is 15.5. The SMILES string of the molecule is COc1ccc(N(C#N)S(=O)(=O)c2ccc(C)cc2)cc1. The molecule has 5 nitrogen and oxygen atoms in total. The number of rotatable bonds is 4. The highest BCUT2D eigenvalue weighted by atomic mass is 32.2. The van der Waals surface area contributed by atoms with E-state index in [-0.39, 0.29) is 10.6 Å². The Hall–Kier alpha value is -2.52. The number of nitriles is 1. The summed E-state index contributed by atoms with van der Waals surface area (Å²) in [5, 5.41) is 9.22. The van der Waals surface area contributed by atoms with Crippen LogP contribution in [0, 0.1) is 18.4 Å². The molecule has 0 unspecified atom stereocenters. The van der Waals surface area contributed by atoms with Crippen molar-refractivity contribution in [2.45, 2.75) is 11.8 Å². The fourth-order valence-electron chi connectivity index (χ4n) is 1.78. The number of anilines is 1. The summed E-state index contributed by atoms with van der Waals surface area (Å²) < 4.78 is 30.7. The quantitative estimate of drug-likeness (QED) is 0.643. The molecule has 0 aliphatic heterocycles. The van der Waals surface area contributed by atoms with Crippen LogP contribution in [0.2, 0.25) is 0 Å². The molecule has 0 fully saturated rings. The molecule has 0 saturated carbocycles. The molecule has 0 aliphatic rings. The molecule has 0 spiro atoms. The van der Waals surface area contributed by atoms with Gasteiger partial charge >= 0.3 is 0 Å². The number of benzene rings is 2. The molecule has 0 heterocycles. The summed E-state index contributed by atoms with van der Waals surface area (Å²) in [5.74, 6) is 0.587. The van der Waals surface area contributed by atoms with Gasteiger partial charge in [0.1, 0.15) is 5.75 Å². The van der Waals surface area contributed by atoms with Crippen LogP contribution in [0.15, 0.2) is 53.4 Å². The van der Waals surface area contributed by atoms with Crippen molar-refractivity contribution in [1.29, 1.82) is 5.26 Å². The minimum absolute atomic E-state index is 0.0745. The van der Waals surface area contributed by atoms with Gasteiger partial charge in [-0.3, -0.25) is 0 Å². The summed E-state index contributed by atoms with van der Waals surface area (Å²) in [4.78, 5) is 0.0745. The summed E-state index contributed by atoms with van der Waals surface area (Å²) in [7, 11) is -2.40. The number of ether oxygens (including phenoxy) is 1. The van der Waals surface area contributed by atoms with Crippen LogP contribution in [0.5, 0.6) is 5.75 Å². The Bertz CT molecular complexity index is 760. The monoisotopic (exact) mass is 302 g/mol. The van der Waals surface area contributed by atoms with Crippen LogP contribution >= 0.6 is 0 Å². The first-order valence-corrected chi connectivity index (χ1v) is 7.59. The number of aryl methyl sites for hydroxylation is 1. The van der Waals surface area contributed by atoms with Crippen molar-refractivity contribution in [2.24, 2.45) is 0 Å². The van der Waals surface area contributed by atoms with Gasteiger partial charge in [0.25, 0.3) is 10.0 Å². The van der Waals surface area contributed by atoms with Crippen LogP contribution in [-0.4, -0.2) is 15.5 Å². The Morgan fingerprint density at radius 3 is 2.10 bits per heavy atom. The average Bonchev–Trinajstić information content (AvgIpc) is 2.49. The molecule has 0 N–H and O–H groups in total. The fourth-order valence-corrected chi connectivity index (χ4v) is 2.98. The molecule has 2 rings (SSSR count). The summed E-state index contributed by atoms with van der Waals surface area (Å²) in [6.07, 6.45) is 1.71. The van der Waals surface area contributed by atoms with E-state index < -0.39 is 10.0 Å². The van der Waals surface area contributed by atoms with E-state index in [0.717, 1.165) is 5.56 Å². The first-order valence-electron chi connectivity index (χ1n) is 6.15. The van der Waals surface area contributed by atoms with Gasteiger partial charge in [-0.25, -0.2) is 0 Å². The van der Waals surface area contributed by atoms with Crippen molar-refractivity contribution in [3.63, 3.8) is 0 Å². The average molecular weight is 302 g/mol. The predicted octanol–water partition coefficient (Wildman–Crippen LogP) is 2.68. The van der Waals surface area contributed by atoms with Gasteiger partial charge in [0.2, 0.25) is 0 Å². The lowest BCUT2D eigenvalue weighted by molar-refractivity contribution is 0.415. The second-order valence-corrected chi connectivity index (χ2v) is 6.17. The van der Waals surface area contributed by atoms with E-state index in [1.807, 2.05) is 6.92 Å². The van der Waals surface area contributed by atoms with E-state index in [0.29, 0.717) is 10.1 Å². The molecule has 21 heavy (non-hydrogen) atoms. The number of hydrogen-bond acceptors (Lipinski definition) is 4. The van der Waals surface area contributed by atoms with Gasteiger partial charge in [0.15, 0.2) is 6.19 Å². The first kappa shape index (κ1) is 14.9. The number of hydrogen-bond donors (Lipinski definition) is 0. The van der Waals surface area contributed by atoms with Crippen molar-refractivity contribution in [3.05, 3.63) is 54.1 Å². The Morgan fingerprint density at radius 2 is 1.62 bits per heavy atom. The van der Waals surface area contributed by atoms with Gasteiger partial charge in [-0.2, -0.15) is 18.0 Å². The molecule has 0 saturated heterocycles. The minimum Gasteiger partial charge on any atom is -0.497 e. The standard InChI is InChI=1S/C15H14N2O3S/c1-12-3-9-15(10-4-12)21(18,19)17(11-16)13-5-7-14(20-2)8-6-13/h3-10H,1-2H3.